The number of nitrogens with one attached hydrogen (secondary N) is 1. The first kappa shape index (κ1) is 15.6. The Hall–Kier alpha value is -1.75. The normalized spacial score (nSPS) is 13.4. The van der Waals surface area contributed by atoms with E-state index in [1.165, 1.54) is 12.1 Å². The zero-order valence-electron chi connectivity index (χ0n) is 13.1. The highest BCUT2D eigenvalue weighted by atomic mass is 19.1. The fourth-order valence-corrected chi connectivity index (χ4v) is 2.69. The van der Waals surface area contributed by atoms with E-state index < -0.39 is 0 Å². The molecule has 0 radical (unpaired) electrons. The lowest BCUT2D eigenvalue weighted by molar-refractivity contribution is 0.346. The monoisotopic (exact) mass is 290 g/mol. The number of benzene rings is 1. The van der Waals surface area contributed by atoms with Crippen molar-refractivity contribution in [2.75, 3.05) is 7.05 Å². The van der Waals surface area contributed by atoms with E-state index in [0.717, 1.165) is 24.4 Å². The van der Waals surface area contributed by atoms with Crippen molar-refractivity contribution < 1.29 is 4.39 Å². The van der Waals surface area contributed by atoms with Crippen LogP contribution < -0.4 is 5.32 Å². The second kappa shape index (κ2) is 6.35. The van der Waals surface area contributed by atoms with Crippen LogP contribution in [-0.2, 0) is 18.4 Å². The first-order chi connectivity index (χ1) is 9.98. The number of nitrogens with zero attached hydrogens (tertiary/aromatic N) is 3. The van der Waals surface area contributed by atoms with Gasteiger partial charge in [0.2, 0.25) is 0 Å². The van der Waals surface area contributed by atoms with E-state index >= 15 is 0 Å². The summed E-state index contributed by atoms with van der Waals surface area (Å²) in [6.45, 7) is 7.18. The smallest absolute Gasteiger partial charge is 0.138 e. The quantitative estimate of drug-likeness (QED) is 0.889. The van der Waals surface area contributed by atoms with Gasteiger partial charge in [0.1, 0.15) is 18.0 Å². The van der Waals surface area contributed by atoms with Crippen molar-refractivity contribution in [3.63, 3.8) is 0 Å². The van der Waals surface area contributed by atoms with Crippen LogP contribution in [0.25, 0.3) is 0 Å². The maximum atomic E-state index is 13.1. The van der Waals surface area contributed by atoms with Gasteiger partial charge < -0.3 is 5.32 Å². The van der Waals surface area contributed by atoms with Gasteiger partial charge in [-0.25, -0.2) is 9.37 Å². The summed E-state index contributed by atoms with van der Waals surface area (Å²) in [6.07, 6.45) is 2.37. The van der Waals surface area contributed by atoms with E-state index in [2.05, 4.69) is 36.2 Å². The molecule has 1 N–H and O–H groups in total. The van der Waals surface area contributed by atoms with E-state index in [9.17, 15) is 4.39 Å². The Morgan fingerprint density at radius 1 is 1.29 bits per heavy atom. The molecule has 2 rings (SSSR count). The van der Waals surface area contributed by atoms with Crippen LogP contribution in [0.4, 0.5) is 4.39 Å². The molecule has 0 saturated carbocycles. The van der Waals surface area contributed by atoms with Gasteiger partial charge in [0, 0.05) is 24.4 Å². The average Bonchev–Trinajstić information content (AvgIpc) is 2.92. The summed E-state index contributed by atoms with van der Waals surface area (Å²) in [6, 6.07) is 6.91. The van der Waals surface area contributed by atoms with Gasteiger partial charge in [-0.3, -0.25) is 4.68 Å². The fraction of sp³-hybridized carbons (Fsp3) is 0.500. The van der Waals surface area contributed by atoms with E-state index in [1.54, 1.807) is 6.33 Å². The second-order valence-electron chi connectivity index (χ2n) is 5.77. The molecular formula is C16H23FN4. The van der Waals surface area contributed by atoms with E-state index in [-0.39, 0.29) is 17.3 Å². The molecule has 114 valence electrons. The molecule has 0 aliphatic rings. The van der Waals surface area contributed by atoms with Crippen molar-refractivity contribution in [2.45, 2.75) is 45.2 Å². The van der Waals surface area contributed by atoms with Gasteiger partial charge in [0.05, 0.1) is 0 Å². The summed E-state index contributed by atoms with van der Waals surface area (Å²) in [5, 5.41) is 7.59. The second-order valence-corrected chi connectivity index (χ2v) is 5.77. The predicted molar refractivity (Wildman–Crippen MR) is 81.7 cm³/mol. The highest BCUT2D eigenvalue weighted by Crippen LogP contribution is 2.29. The minimum atomic E-state index is -0.207. The maximum Gasteiger partial charge on any atom is 0.138 e. The third-order valence-electron chi connectivity index (χ3n) is 4.19. The molecular weight excluding hydrogens is 267 g/mol. The molecule has 0 fully saturated rings. The van der Waals surface area contributed by atoms with Crippen LogP contribution in [0.3, 0.4) is 0 Å². The molecule has 1 atom stereocenters. The van der Waals surface area contributed by atoms with Crippen LogP contribution in [0, 0.1) is 5.82 Å². The number of rotatable bonds is 6. The van der Waals surface area contributed by atoms with Crippen LogP contribution in [0.1, 0.15) is 32.2 Å². The average molecular weight is 290 g/mol. The maximum absolute atomic E-state index is 13.1. The molecule has 21 heavy (non-hydrogen) atoms. The summed E-state index contributed by atoms with van der Waals surface area (Å²) in [5.41, 5.74) is 0.957. The van der Waals surface area contributed by atoms with Gasteiger partial charge in [-0.05, 0) is 31.7 Å². The van der Waals surface area contributed by atoms with Gasteiger partial charge in [-0.15, -0.1) is 0 Å². The van der Waals surface area contributed by atoms with Crippen LogP contribution in [0.15, 0.2) is 30.6 Å². The Labute approximate surface area is 125 Å². The highest BCUT2D eigenvalue weighted by Gasteiger charge is 2.31. The first-order valence-corrected chi connectivity index (χ1v) is 7.29. The lowest BCUT2D eigenvalue weighted by Crippen LogP contribution is -2.45. The number of aromatic nitrogens is 3. The van der Waals surface area contributed by atoms with E-state index in [0.29, 0.717) is 0 Å². The topological polar surface area (TPSA) is 42.7 Å². The molecule has 0 amide bonds. The first-order valence-electron chi connectivity index (χ1n) is 7.29. The largest absolute Gasteiger partial charge is 0.316 e. The van der Waals surface area contributed by atoms with Crippen LogP contribution in [0.5, 0.6) is 0 Å². The molecule has 4 nitrogen and oxygen atoms in total. The molecule has 0 aliphatic carbocycles. The number of halogens is 1. The standard InChI is InChI=1S/C16H23FN4/c1-5-21-15(19-11-20-21)10-14(18-4)16(2,3)12-6-8-13(17)9-7-12/h6-9,11,14,18H,5,10H2,1-4H3. The molecule has 1 heterocycles. The molecule has 1 aromatic carbocycles. The Morgan fingerprint density at radius 2 is 1.95 bits per heavy atom. The fourth-order valence-electron chi connectivity index (χ4n) is 2.69. The third kappa shape index (κ3) is 3.29. The van der Waals surface area contributed by atoms with Gasteiger partial charge in [0.15, 0.2) is 0 Å². The zero-order chi connectivity index (χ0) is 15.5. The lowest BCUT2D eigenvalue weighted by Gasteiger charge is -2.34. The number of hydrogen-bond acceptors (Lipinski definition) is 3. The summed E-state index contributed by atoms with van der Waals surface area (Å²) >= 11 is 0. The van der Waals surface area contributed by atoms with Crippen LogP contribution in [0.2, 0.25) is 0 Å². The summed E-state index contributed by atoms with van der Waals surface area (Å²) in [5.74, 6) is 0.758. The van der Waals surface area contributed by atoms with E-state index in [1.807, 2.05) is 23.9 Å². The van der Waals surface area contributed by atoms with Crippen LogP contribution in [-0.4, -0.2) is 27.9 Å². The molecule has 0 bridgehead atoms. The van der Waals surface area contributed by atoms with Gasteiger partial charge >= 0.3 is 0 Å². The molecule has 0 spiro atoms. The van der Waals surface area contributed by atoms with Crippen molar-refractivity contribution >= 4 is 0 Å². The Kier molecular flexibility index (Phi) is 4.73. The Bertz CT molecular complexity index is 574. The van der Waals surface area contributed by atoms with Gasteiger partial charge in [-0.1, -0.05) is 26.0 Å². The third-order valence-corrected chi connectivity index (χ3v) is 4.19. The molecule has 1 aromatic heterocycles. The Morgan fingerprint density at radius 3 is 2.52 bits per heavy atom. The number of hydrogen-bond donors (Lipinski definition) is 1. The van der Waals surface area contributed by atoms with Crippen molar-refractivity contribution in [1.82, 2.24) is 20.1 Å². The van der Waals surface area contributed by atoms with Gasteiger partial charge in [-0.2, -0.15) is 5.10 Å². The SMILES string of the molecule is CCn1ncnc1CC(NC)C(C)(C)c1ccc(F)cc1. The minimum absolute atomic E-state index is 0.146. The molecule has 1 unspecified atom stereocenters. The van der Waals surface area contributed by atoms with Crippen molar-refractivity contribution in [2.24, 2.45) is 0 Å². The summed E-state index contributed by atoms with van der Waals surface area (Å²) in [7, 11) is 1.95. The lowest BCUT2D eigenvalue weighted by atomic mass is 9.76. The molecule has 0 saturated heterocycles. The van der Waals surface area contributed by atoms with E-state index in [4.69, 9.17) is 0 Å². The van der Waals surface area contributed by atoms with Crippen molar-refractivity contribution in [1.29, 1.82) is 0 Å². The molecule has 2 aromatic rings. The molecule has 5 heteroatoms. The van der Waals surface area contributed by atoms with Crippen molar-refractivity contribution in [3.05, 3.63) is 47.8 Å². The summed E-state index contributed by atoms with van der Waals surface area (Å²) in [4.78, 5) is 4.35. The minimum Gasteiger partial charge on any atom is -0.316 e. The zero-order valence-corrected chi connectivity index (χ0v) is 13.1. The van der Waals surface area contributed by atoms with Crippen LogP contribution >= 0.6 is 0 Å². The highest BCUT2D eigenvalue weighted by molar-refractivity contribution is 5.27. The van der Waals surface area contributed by atoms with Crippen molar-refractivity contribution in [3.8, 4) is 0 Å². The Balaban J connectivity index is 2.25. The summed E-state index contributed by atoms with van der Waals surface area (Å²) < 4.78 is 15.0. The predicted octanol–water partition coefficient (Wildman–Crippen LogP) is 2.55. The molecule has 0 aliphatic heterocycles. The number of aryl methyl sites for hydroxylation is 1. The van der Waals surface area contributed by atoms with Gasteiger partial charge in [0.25, 0.3) is 0 Å². The number of likely N-dealkylation sites (N-methyl/N-ethyl adjacent to an activating group) is 1.